The predicted octanol–water partition coefficient (Wildman–Crippen LogP) is 3.44. The van der Waals surface area contributed by atoms with E-state index in [2.05, 4.69) is 16.7 Å². The first-order valence-electron chi connectivity index (χ1n) is 7.87. The second kappa shape index (κ2) is 7.34. The first kappa shape index (κ1) is 15.7. The average Bonchev–Trinajstić information content (AvgIpc) is 2.94. The van der Waals surface area contributed by atoms with Crippen molar-refractivity contribution in [3.8, 4) is 5.75 Å². The fraction of sp³-hybridized carbons (Fsp3) is 0.588. The second-order valence-corrected chi connectivity index (χ2v) is 5.79. The lowest BCUT2D eigenvalue weighted by molar-refractivity contribution is 0.236. The number of ether oxygens (including phenoxy) is 1. The fourth-order valence-corrected chi connectivity index (χ4v) is 2.83. The Bertz CT molecular complexity index is 494. The SMILES string of the molecule is CCOc1cc(C)c(CNC(=O)NC2CCCC2)cc1C. The van der Waals surface area contributed by atoms with E-state index in [9.17, 15) is 4.79 Å². The number of hydrogen-bond donors (Lipinski definition) is 2. The van der Waals surface area contributed by atoms with Crippen molar-refractivity contribution < 1.29 is 9.53 Å². The molecule has 2 N–H and O–H groups in total. The topological polar surface area (TPSA) is 50.4 Å². The van der Waals surface area contributed by atoms with Gasteiger partial charge in [0.2, 0.25) is 0 Å². The number of carbonyl (C=O) groups is 1. The molecule has 2 rings (SSSR count). The maximum Gasteiger partial charge on any atom is 0.315 e. The van der Waals surface area contributed by atoms with E-state index in [1.54, 1.807) is 0 Å². The molecular weight excluding hydrogens is 264 g/mol. The Morgan fingerprint density at radius 1 is 1.24 bits per heavy atom. The lowest BCUT2D eigenvalue weighted by Gasteiger charge is -2.15. The summed E-state index contributed by atoms with van der Waals surface area (Å²) in [5.41, 5.74) is 3.39. The highest BCUT2D eigenvalue weighted by molar-refractivity contribution is 5.74. The predicted molar refractivity (Wildman–Crippen MR) is 84.7 cm³/mol. The van der Waals surface area contributed by atoms with Crippen LogP contribution < -0.4 is 15.4 Å². The van der Waals surface area contributed by atoms with Gasteiger partial charge in [-0.05, 0) is 56.4 Å². The van der Waals surface area contributed by atoms with E-state index in [4.69, 9.17) is 4.74 Å². The van der Waals surface area contributed by atoms with Crippen LogP contribution in [0, 0.1) is 13.8 Å². The summed E-state index contributed by atoms with van der Waals surface area (Å²) in [6.45, 7) is 7.29. The number of benzene rings is 1. The molecule has 0 atom stereocenters. The zero-order valence-electron chi connectivity index (χ0n) is 13.3. The van der Waals surface area contributed by atoms with Crippen LogP contribution in [0.15, 0.2) is 12.1 Å². The number of rotatable bonds is 5. The van der Waals surface area contributed by atoms with Gasteiger partial charge in [0.05, 0.1) is 6.61 Å². The minimum Gasteiger partial charge on any atom is -0.494 e. The Balaban J connectivity index is 1.90. The molecule has 0 spiro atoms. The van der Waals surface area contributed by atoms with Crippen molar-refractivity contribution in [2.75, 3.05) is 6.61 Å². The highest BCUT2D eigenvalue weighted by atomic mass is 16.5. The molecule has 1 aromatic carbocycles. The maximum atomic E-state index is 11.9. The molecule has 1 aliphatic rings. The van der Waals surface area contributed by atoms with Gasteiger partial charge in [0.15, 0.2) is 0 Å². The summed E-state index contributed by atoms with van der Waals surface area (Å²) in [4.78, 5) is 11.9. The molecule has 21 heavy (non-hydrogen) atoms. The Labute approximate surface area is 127 Å². The Morgan fingerprint density at radius 3 is 2.62 bits per heavy atom. The largest absolute Gasteiger partial charge is 0.494 e. The van der Waals surface area contributed by atoms with Gasteiger partial charge < -0.3 is 15.4 Å². The van der Waals surface area contributed by atoms with Gasteiger partial charge in [0.25, 0.3) is 0 Å². The van der Waals surface area contributed by atoms with E-state index < -0.39 is 0 Å². The van der Waals surface area contributed by atoms with Crippen LogP contribution in [0.3, 0.4) is 0 Å². The summed E-state index contributed by atoms with van der Waals surface area (Å²) >= 11 is 0. The molecule has 1 aromatic rings. The summed E-state index contributed by atoms with van der Waals surface area (Å²) in [7, 11) is 0. The van der Waals surface area contributed by atoms with E-state index in [1.165, 1.54) is 12.8 Å². The van der Waals surface area contributed by atoms with Crippen LogP contribution in [-0.2, 0) is 6.54 Å². The Hall–Kier alpha value is -1.71. The van der Waals surface area contributed by atoms with Gasteiger partial charge in [-0.2, -0.15) is 0 Å². The summed E-state index contributed by atoms with van der Waals surface area (Å²) < 4.78 is 5.59. The number of aryl methyl sites for hydroxylation is 2. The normalized spacial score (nSPS) is 15.0. The molecule has 1 aliphatic carbocycles. The minimum absolute atomic E-state index is 0.0622. The molecule has 116 valence electrons. The molecule has 0 radical (unpaired) electrons. The van der Waals surface area contributed by atoms with Gasteiger partial charge in [-0.25, -0.2) is 4.79 Å². The molecule has 0 saturated heterocycles. The van der Waals surface area contributed by atoms with Crippen molar-refractivity contribution in [1.29, 1.82) is 0 Å². The van der Waals surface area contributed by atoms with Crippen LogP contribution in [0.2, 0.25) is 0 Å². The van der Waals surface area contributed by atoms with Crippen molar-refractivity contribution in [3.63, 3.8) is 0 Å². The highest BCUT2D eigenvalue weighted by Crippen LogP contribution is 2.23. The number of nitrogens with one attached hydrogen (secondary N) is 2. The fourth-order valence-electron chi connectivity index (χ4n) is 2.83. The zero-order valence-corrected chi connectivity index (χ0v) is 13.3. The molecule has 1 saturated carbocycles. The molecule has 4 heteroatoms. The third-order valence-corrected chi connectivity index (χ3v) is 4.06. The van der Waals surface area contributed by atoms with E-state index in [1.807, 2.05) is 26.8 Å². The van der Waals surface area contributed by atoms with Gasteiger partial charge in [0, 0.05) is 12.6 Å². The Kier molecular flexibility index (Phi) is 5.48. The van der Waals surface area contributed by atoms with Crippen LogP contribution in [0.1, 0.15) is 49.3 Å². The third-order valence-electron chi connectivity index (χ3n) is 4.06. The summed E-state index contributed by atoms with van der Waals surface area (Å²) in [6.07, 6.45) is 4.66. The van der Waals surface area contributed by atoms with E-state index in [0.29, 0.717) is 19.2 Å². The van der Waals surface area contributed by atoms with E-state index in [-0.39, 0.29) is 6.03 Å². The highest BCUT2D eigenvalue weighted by Gasteiger charge is 2.16. The third kappa shape index (κ3) is 4.38. The van der Waals surface area contributed by atoms with Crippen molar-refractivity contribution in [2.45, 2.75) is 59.0 Å². The van der Waals surface area contributed by atoms with Crippen molar-refractivity contribution >= 4 is 6.03 Å². The van der Waals surface area contributed by atoms with Gasteiger partial charge in [-0.3, -0.25) is 0 Å². The zero-order chi connectivity index (χ0) is 15.2. The summed E-state index contributed by atoms with van der Waals surface area (Å²) in [5, 5.41) is 5.99. The number of hydrogen-bond acceptors (Lipinski definition) is 2. The maximum absolute atomic E-state index is 11.9. The molecule has 0 aromatic heterocycles. The van der Waals surface area contributed by atoms with Crippen LogP contribution in [0.5, 0.6) is 5.75 Å². The standard InChI is InChI=1S/C17H26N2O2/c1-4-21-16-10-12(2)14(9-13(16)3)11-18-17(20)19-15-7-5-6-8-15/h9-10,15H,4-8,11H2,1-3H3,(H2,18,19,20). The molecule has 0 unspecified atom stereocenters. The van der Waals surface area contributed by atoms with Crippen LogP contribution in [-0.4, -0.2) is 18.7 Å². The van der Waals surface area contributed by atoms with E-state index >= 15 is 0 Å². The summed E-state index contributed by atoms with van der Waals surface area (Å²) in [6, 6.07) is 4.43. The molecule has 0 heterocycles. The Morgan fingerprint density at radius 2 is 1.95 bits per heavy atom. The molecule has 0 aliphatic heterocycles. The van der Waals surface area contributed by atoms with Gasteiger partial charge in [0.1, 0.15) is 5.75 Å². The van der Waals surface area contributed by atoms with Gasteiger partial charge >= 0.3 is 6.03 Å². The van der Waals surface area contributed by atoms with Gasteiger partial charge in [-0.1, -0.05) is 18.9 Å². The van der Waals surface area contributed by atoms with Gasteiger partial charge in [-0.15, -0.1) is 0 Å². The quantitative estimate of drug-likeness (QED) is 0.872. The summed E-state index contributed by atoms with van der Waals surface area (Å²) in [5.74, 6) is 0.925. The second-order valence-electron chi connectivity index (χ2n) is 5.79. The molecule has 1 fully saturated rings. The monoisotopic (exact) mass is 290 g/mol. The molecule has 2 amide bonds. The molecule has 0 bridgehead atoms. The molecular formula is C17H26N2O2. The number of urea groups is 1. The van der Waals surface area contributed by atoms with Crippen LogP contribution in [0.25, 0.3) is 0 Å². The first-order valence-corrected chi connectivity index (χ1v) is 7.87. The van der Waals surface area contributed by atoms with Crippen LogP contribution >= 0.6 is 0 Å². The number of amides is 2. The lowest BCUT2D eigenvalue weighted by Crippen LogP contribution is -2.40. The molecule has 4 nitrogen and oxygen atoms in total. The number of carbonyl (C=O) groups excluding carboxylic acids is 1. The van der Waals surface area contributed by atoms with Crippen LogP contribution in [0.4, 0.5) is 4.79 Å². The average molecular weight is 290 g/mol. The van der Waals surface area contributed by atoms with Crippen molar-refractivity contribution in [3.05, 3.63) is 28.8 Å². The van der Waals surface area contributed by atoms with E-state index in [0.717, 1.165) is 35.3 Å². The van der Waals surface area contributed by atoms with Crippen molar-refractivity contribution in [1.82, 2.24) is 10.6 Å². The van der Waals surface area contributed by atoms with Crippen molar-refractivity contribution in [2.24, 2.45) is 0 Å². The smallest absolute Gasteiger partial charge is 0.315 e. The minimum atomic E-state index is -0.0622. The lowest BCUT2D eigenvalue weighted by atomic mass is 10.0. The first-order chi connectivity index (χ1) is 10.1.